The summed E-state index contributed by atoms with van der Waals surface area (Å²) in [5.41, 5.74) is -1.64. The quantitative estimate of drug-likeness (QED) is 0.326. The van der Waals surface area contributed by atoms with E-state index in [1.165, 1.54) is 45.0 Å². The third kappa shape index (κ3) is 7.55. The minimum absolute atomic E-state index is 0.224. The number of alkyl halides is 3. The molecule has 2 aliphatic rings. The smallest absolute Gasteiger partial charge is 0.408 e. The first-order valence-corrected chi connectivity index (χ1v) is 17.9. The molecule has 9 nitrogen and oxygen atoms in total. The molecule has 0 radical (unpaired) electrons. The standard InChI is InChI=1S/C29H33ClF5NO8S2/c1-27(2,3)44-26(37)36-23(29(33,34)35)11-15-45(38,39)14-10-22-19-16-43-25-21(32)9-8-20(31)24(25)28(19,12-13-42-22)46(40,41)18-6-4-17(30)5-7-18/h4-9,19,22-23H,10-16H2,1-3H3,(H,36,37)/t19-,22-,23?,28-/m0/s1. The predicted octanol–water partition coefficient (Wildman–Crippen LogP) is 5.74. The number of fused-ring (bicyclic) bond motifs is 3. The van der Waals surface area contributed by atoms with Crippen LogP contribution in [0.4, 0.5) is 26.7 Å². The highest BCUT2D eigenvalue weighted by Crippen LogP contribution is 2.56. The third-order valence-corrected chi connectivity index (χ3v) is 12.4. The molecule has 2 heterocycles. The summed E-state index contributed by atoms with van der Waals surface area (Å²) >= 11 is 5.95. The summed E-state index contributed by atoms with van der Waals surface area (Å²) in [6.45, 7) is 3.57. The third-order valence-electron chi connectivity index (χ3n) is 7.86. The molecular weight excluding hydrogens is 685 g/mol. The monoisotopic (exact) mass is 717 g/mol. The fourth-order valence-corrected chi connectivity index (χ4v) is 9.66. The van der Waals surface area contributed by atoms with Gasteiger partial charge in [-0.05, 0) is 76.4 Å². The Hall–Kier alpha value is -2.69. The molecule has 0 spiro atoms. The van der Waals surface area contributed by atoms with E-state index in [1.807, 2.05) is 0 Å². The van der Waals surface area contributed by atoms with E-state index in [0.29, 0.717) is 0 Å². The van der Waals surface area contributed by atoms with Gasteiger partial charge in [0.25, 0.3) is 0 Å². The van der Waals surface area contributed by atoms with E-state index in [-0.39, 0.29) is 22.9 Å². The Kier molecular flexibility index (Phi) is 10.3. The van der Waals surface area contributed by atoms with E-state index in [0.717, 1.165) is 12.1 Å². The second kappa shape index (κ2) is 13.1. The maximum Gasteiger partial charge on any atom is 0.408 e. The van der Waals surface area contributed by atoms with Gasteiger partial charge in [-0.15, -0.1) is 0 Å². The Bertz CT molecular complexity index is 1660. The lowest BCUT2D eigenvalue weighted by Crippen LogP contribution is -2.57. The summed E-state index contributed by atoms with van der Waals surface area (Å²) < 4.78 is 140. The van der Waals surface area contributed by atoms with Crippen LogP contribution in [0.3, 0.4) is 0 Å². The van der Waals surface area contributed by atoms with Crippen LogP contribution in [0.2, 0.25) is 5.02 Å². The van der Waals surface area contributed by atoms with Gasteiger partial charge < -0.3 is 19.5 Å². The predicted molar refractivity (Wildman–Crippen MR) is 157 cm³/mol. The zero-order valence-electron chi connectivity index (χ0n) is 25.0. The zero-order chi connectivity index (χ0) is 34.3. The van der Waals surface area contributed by atoms with Crippen LogP contribution >= 0.6 is 11.6 Å². The van der Waals surface area contributed by atoms with Crippen LogP contribution in [0.5, 0.6) is 5.75 Å². The summed E-state index contributed by atoms with van der Waals surface area (Å²) in [6.07, 6.45) is -9.29. The van der Waals surface area contributed by atoms with Gasteiger partial charge in [0.2, 0.25) is 0 Å². The second-order valence-electron chi connectivity index (χ2n) is 12.1. The van der Waals surface area contributed by atoms with Crippen molar-refractivity contribution in [2.45, 2.75) is 73.6 Å². The van der Waals surface area contributed by atoms with Crippen molar-refractivity contribution < 1.29 is 57.8 Å². The van der Waals surface area contributed by atoms with Crippen molar-refractivity contribution in [1.29, 1.82) is 0 Å². The number of sulfone groups is 2. The Morgan fingerprint density at radius 2 is 1.67 bits per heavy atom. The molecule has 2 aliphatic heterocycles. The number of ether oxygens (including phenoxy) is 3. The van der Waals surface area contributed by atoms with Gasteiger partial charge in [0.15, 0.2) is 31.2 Å². The molecule has 4 rings (SSSR count). The highest BCUT2D eigenvalue weighted by Gasteiger charge is 2.61. The van der Waals surface area contributed by atoms with Crippen LogP contribution in [-0.2, 0) is 33.9 Å². The van der Waals surface area contributed by atoms with Gasteiger partial charge in [0, 0.05) is 17.5 Å². The first-order chi connectivity index (χ1) is 21.2. The van der Waals surface area contributed by atoms with Gasteiger partial charge in [-0.1, -0.05) is 11.6 Å². The molecule has 1 fully saturated rings. The summed E-state index contributed by atoms with van der Waals surface area (Å²) in [5, 5.41) is 1.88. The summed E-state index contributed by atoms with van der Waals surface area (Å²) in [7, 11) is -8.80. The van der Waals surface area contributed by atoms with Crippen molar-refractivity contribution in [3.05, 3.63) is 58.6 Å². The SMILES string of the molecule is CC(C)(C)OC(=O)NC(CCS(=O)(=O)CC[C@@H]1OCC[C@@]2(S(=O)(=O)c3ccc(Cl)cc3)c3c(F)ccc(F)c3OC[C@@H]12)C(F)(F)F. The molecule has 256 valence electrons. The number of benzene rings is 2. The van der Waals surface area contributed by atoms with Crippen LogP contribution in [0.1, 0.15) is 45.6 Å². The number of hydrogen-bond acceptors (Lipinski definition) is 8. The second-order valence-corrected chi connectivity index (χ2v) is 17.1. The molecular formula is C29H33ClF5NO8S2. The Balaban J connectivity index is 1.61. The van der Waals surface area contributed by atoms with E-state index in [4.69, 9.17) is 25.8 Å². The van der Waals surface area contributed by atoms with Gasteiger partial charge in [0.05, 0.1) is 34.7 Å². The number of halogens is 6. The highest BCUT2D eigenvalue weighted by atomic mass is 35.5. The fourth-order valence-electron chi connectivity index (χ4n) is 5.80. The van der Waals surface area contributed by atoms with Gasteiger partial charge >= 0.3 is 12.3 Å². The van der Waals surface area contributed by atoms with Crippen LogP contribution in [0.15, 0.2) is 41.3 Å². The molecule has 1 saturated heterocycles. The molecule has 0 aliphatic carbocycles. The lowest BCUT2D eigenvalue weighted by molar-refractivity contribution is -0.155. The molecule has 1 amide bonds. The Morgan fingerprint density at radius 1 is 1.04 bits per heavy atom. The molecule has 2 aromatic rings. The van der Waals surface area contributed by atoms with Gasteiger partial charge in [-0.3, -0.25) is 0 Å². The lowest BCUT2D eigenvalue weighted by Gasteiger charge is -2.50. The number of rotatable bonds is 9. The molecule has 0 bridgehead atoms. The van der Waals surface area contributed by atoms with Crippen molar-refractivity contribution in [2.75, 3.05) is 24.7 Å². The van der Waals surface area contributed by atoms with E-state index in [9.17, 15) is 39.2 Å². The van der Waals surface area contributed by atoms with Gasteiger partial charge in [-0.2, -0.15) is 13.2 Å². The van der Waals surface area contributed by atoms with E-state index in [2.05, 4.69) is 0 Å². The van der Waals surface area contributed by atoms with Crippen molar-refractivity contribution in [1.82, 2.24) is 5.32 Å². The first kappa shape index (κ1) is 36.2. The zero-order valence-corrected chi connectivity index (χ0v) is 27.4. The number of amides is 1. The maximum absolute atomic E-state index is 15.5. The average molecular weight is 718 g/mol. The Labute approximate surface area is 268 Å². The average Bonchev–Trinajstić information content (AvgIpc) is 2.94. The van der Waals surface area contributed by atoms with Crippen molar-refractivity contribution >= 4 is 37.4 Å². The highest BCUT2D eigenvalue weighted by molar-refractivity contribution is 7.92. The first-order valence-electron chi connectivity index (χ1n) is 14.2. The number of alkyl carbamates (subject to hydrolysis) is 1. The summed E-state index contributed by atoms with van der Waals surface area (Å²) in [4.78, 5) is 11.7. The minimum Gasteiger partial charge on any atom is -0.490 e. The molecule has 17 heteroatoms. The fraction of sp³-hybridized carbons (Fsp3) is 0.552. The van der Waals surface area contributed by atoms with E-state index in [1.54, 1.807) is 5.32 Å². The number of carbonyl (C=O) groups excluding carboxylic acids is 1. The molecule has 2 aromatic carbocycles. The van der Waals surface area contributed by atoms with E-state index >= 15 is 4.39 Å². The normalized spacial score (nSPS) is 22.6. The number of hydrogen-bond donors (Lipinski definition) is 1. The van der Waals surface area contributed by atoms with Crippen LogP contribution in [-0.4, -0.2) is 71.6 Å². The van der Waals surface area contributed by atoms with Crippen LogP contribution in [0, 0.1) is 17.6 Å². The van der Waals surface area contributed by atoms with Crippen molar-refractivity contribution in [3.63, 3.8) is 0 Å². The molecule has 46 heavy (non-hydrogen) atoms. The van der Waals surface area contributed by atoms with Gasteiger partial charge in [0.1, 0.15) is 22.2 Å². The van der Waals surface area contributed by atoms with Crippen LogP contribution < -0.4 is 10.1 Å². The number of carbonyl (C=O) groups is 1. The summed E-state index contributed by atoms with van der Waals surface area (Å²) in [5.74, 6) is -5.60. The largest absolute Gasteiger partial charge is 0.490 e. The molecule has 4 atom stereocenters. The minimum atomic E-state index is -4.99. The van der Waals surface area contributed by atoms with E-state index < -0.39 is 114 Å². The lowest BCUT2D eigenvalue weighted by atomic mass is 9.75. The number of nitrogens with one attached hydrogen (secondary N) is 1. The Morgan fingerprint density at radius 3 is 2.28 bits per heavy atom. The van der Waals surface area contributed by atoms with Gasteiger partial charge in [-0.25, -0.2) is 30.4 Å². The van der Waals surface area contributed by atoms with Crippen LogP contribution in [0.25, 0.3) is 0 Å². The molecule has 1 N–H and O–H groups in total. The molecule has 0 saturated carbocycles. The molecule has 1 unspecified atom stereocenters. The summed E-state index contributed by atoms with van der Waals surface area (Å²) in [6, 6.07) is 4.11. The molecule has 0 aromatic heterocycles. The van der Waals surface area contributed by atoms with Crippen molar-refractivity contribution in [2.24, 2.45) is 5.92 Å². The topological polar surface area (TPSA) is 125 Å². The van der Waals surface area contributed by atoms with Crippen molar-refractivity contribution in [3.8, 4) is 5.75 Å². The maximum atomic E-state index is 15.5.